The third-order valence-corrected chi connectivity index (χ3v) is 8.16. The molecule has 4 heterocycles. The molecule has 4 aromatic rings. The van der Waals surface area contributed by atoms with Crippen molar-refractivity contribution < 1.29 is 27.0 Å². The fourth-order valence-electron chi connectivity index (χ4n) is 4.54. The minimum absolute atomic E-state index is 0.0441. The van der Waals surface area contributed by atoms with E-state index in [1.54, 1.807) is 47.6 Å². The highest BCUT2D eigenvalue weighted by Gasteiger charge is 2.38. The summed E-state index contributed by atoms with van der Waals surface area (Å²) in [6.45, 7) is 0.385. The first-order valence-electron chi connectivity index (χ1n) is 12.2. The van der Waals surface area contributed by atoms with Crippen molar-refractivity contribution in [2.45, 2.75) is 17.8 Å². The third kappa shape index (κ3) is 5.37. The number of rotatable bonds is 9. The normalized spacial score (nSPS) is 17.4. The molecule has 3 aromatic heterocycles. The van der Waals surface area contributed by atoms with Gasteiger partial charge in [0, 0.05) is 38.2 Å². The number of anilines is 2. The van der Waals surface area contributed by atoms with E-state index in [1.807, 2.05) is 0 Å². The molecular formula is C25H27FN8O5S. The molecule has 13 nitrogen and oxygen atoms in total. The van der Waals surface area contributed by atoms with Gasteiger partial charge in [0.1, 0.15) is 22.4 Å². The van der Waals surface area contributed by atoms with Gasteiger partial charge >= 0.3 is 0 Å². The number of sulfonamides is 1. The van der Waals surface area contributed by atoms with Crippen molar-refractivity contribution in [1.29, 1.82) is 0 Å². The molecule has 2 atom stereocenters. The number of benzene rings is 1. The van der Waals surface area contributed by atoms with E-state index < -0.39 is 27.2 Å². The van der Waals surface area contributed by atoms with Gasteiger partial charge in [-0.05, 0) is 30.7 Å². The van der Waals surface area contributed by atoms with Crippen LogP contribution in [0.4, 0.5) is 16.3 Å². The molecule has 1 aliphatic heterocycles. The lowest BCUT2D eigenvalue weighted by molar-refractivity contribution is 0.0898. The summed E-state index contributed by atoms with van der Waals surface area (Å²) in [7, 11) is 0.403. The Morgan fingerprint density at radius 3 is 2.33 bits per heavy atom. The van der Waals surface area contributed by atoms with Gasteiger partial charge in [0.25, 0.3) is 0 Å². The van der Waals surface area contributed by atoms with E-state index in [0.717, 1.165) is 12.4 Å². The molecule has 5 rings (SSSR count). The second kappa shape index (κ2) is 11.4. The van der Waals surface area contributed by atoms with Gasteiger partial charge in [0.15, 0.2) is 11.6 Å². The highest BCUT2D eigenvalue weighted by atomic mass is 32.2. The number of piperidine rings is 1. The Morgan fingerprint density at radius 2 is 1.70 bits per heavy atom. The van der Waals surface area contributed by atoms with Crippen molar-refractivity contribution in [1.82, 2.24) is 29.7 Å². The average Bonchev–Trinajstić information content (AvgIpc) is 3.39. The smallest absolute Gasteiger partial charge is 0.243 e. The van der Waals surface area contributed by atoms with Crippen molar-refractivity contribution >= 4 is 21.9 Å². The van der Waals surface area contributed by atoms with Crippen LogP contribution in [0.2, 0.25) is 0 Å². The molecule has 0 radical (unpaired) electrons. The second-order valence-electron chi connectivity index (χ2n) is 8.90. The Morgan fingerprint density at radius 1 is 0.975 bits per heavy atom. The van der Waals surface area contributed by atoms with Crippen LogP contribution < -0.4 is 19.1 Å². The largest absolute Gasteiger partial charge is 0.494 e. The molecule has 0 spiro atoms. The number of pyridine rings is 1. The van der Waals surface area contributed by atoms with E-state index in [2.05, 4.69) is 29.9 Å². The van der Waals surface area contributed by atoms with E-state index in [4.69, 9.17) is 14.2 Å². The van der Waals surface area contributed by atoms with Gasteiger partial charge in [-0.25, -0.2) is 22.8 Å². The van der Waals surface area contributed by atoms with Crippen LogP contribution in [-0.2, 0) is 14.8 Å². The van der Waals surface area contributed by atoms with Crippen LogP contribution >= 0.6 is 0 Å². The number of hydrogen-bond acceptors (Lipinski definition) is 11. The molecule has 40 heavy (non-hydrogen) atoms. The molecule has 15 heteroatoms. The highest BCUT2D eigenvalue weighted by molar-refractivity contribution is 7.93. The summed E-state index contributed by atoms with van der Waals surface area (Å²) in [4.78, 5) is 13.8. The molecule has 1 fully saturated rings. The molecule has 0 amide bonds. The molecule has 1 aliphatic rings. The Bertz CT molecular complexity index is 1550. The summed E-state index contributed by atoms with van der Waals surface area (Å²) in [6, 6.07) is 8.69. The molecule has 0 bridgehead atoms. The first-order valence-corrected chi connectivity index (χ1v) is 13.7. The van der Waals surface area contributed by atoms with Gasteiger partial charge < -0.3 is 19.1 Å². The zero-order chi connectivity index (χ0) is 28.3. The van der Waals surface area contributed by atoms with Gasteiger partial charge in [-0.1, -0.05) is 6.07 Å². The highest BCUT2D eigenvalue weighted by Crippen LogP contribution is 2.38. The van der Waals surface area contributed by atoms with E-state index in [9.17, 15) is 12.8 Å². The van der Waals surface area contributed by atoms with E-state index in [0.29, 0.717) is 35.1 Å². The maximum absolute atomic E-state index is 13.8. The maximum atomic E-state index is 13.8. The second-order valence-corrected chi connectivity index (χ2v) is 10.9. The van der Waals surface area contributed by atoms with Crippen molar-refractivity contribution in [3.05, 3.63) is 60.9 Å². The number of para-hydroxylation sites is 1. The first kappa shape index (κ1) is 27.2. The SMILES string of the molecule is COc1cccc(OC)c1-n1c(NS(=O)(=O)C2CC(OC)CN(c3ncc(F)cn3)C2)nnc1-c1cccnc1. The van der Waals surface area contributed by atoms with Crippen LogP contribution in [0.3, 0.4) is 0 Å². The summed E-state index contributed by atoms with van der Waals surface area (Å²) in [6.07, 6.45) is 5.02. The summed E-state index contributed by atoms with van der Waals surface area (Å²) in [5.74, 6) is 0.650. The Labute approximate surface area is 230 Å². The van der Waals surface area contributed by atoms with E-state index in [1.165, 1.54) is 25.9 Å². The van der Waals surface area contributed by atoms with Gasteiger partial charge in [0.05, 0.1) is 32.7 Å². The number of nitrogens with zero attached hydrogens (tertiary/aromatic N) is 7. The standard InChI is InChI=1S/C25H27FN8O5S/c1-37-18-10-19(15-33(14-18)24-28-12-17(26)13-29-24)40(35,36)32-25-31-30-23(16-6-5-9-27-11-16)34(25)22-20(38-2)7-4-8-21(22)39-3/h4-9,11-13,18-19H,10,14-15H2,1-3H3,(H,31,32). The van der Waals surface area contributed by atoms with Gasteiger partial charge in [-0.2, -0.15) is 0 Å². The van der Waals surface area contributed by atoms with Crippen LogP contribution in [0, 0.1) is 5.82 Å². The predicted molar refractivity (Wildman–Crippen MR) is 144 cm³/mol. The molecule has 210 valence electrons. The zero-order valence-electron chi connectivity index (χ0n) is 21.9. The van der Waals surface area contributed by atoms with Crippen molar-refractivity contribution in [2.75, 3.05) is 44.0 Å². The number of nitrogens with one attached hydrogen (secondary N) is 1. The zero-order valence-corrected chi connectivity index (χ0v) is 22.7. The summed E-state index contributed by atoms with van der Waals surface area (Å²) in [5, 5.41) is 7.54. The number of ether oxygens (including phenoxy) is 3. The van der Waals surface area contributed by atoms with Crippen LogP contribution in [0.1, 0.15) is 6.42 Å². The lowest BCUT2D eigenvalue weighted by Gasteiger charge is -2.36. The van der Waals surface area contributed by atoms with E-state index in [-0.39, 0.29) is 24.9 Å². The number of aromatic nitrogens is 6. The number of hydrogen-bond donors (Lipinski definition) is 1. The number of halogens is 1. The summed E-state index contributed by atoms with van der Waals surface area (Å²) < 4.78 is 61.9. The maximum Gasteiger partial charge on any atom is 0.243 e. The molecule has 1 aromatic carbocycles. The topological polar surface area (TPSA) is 146 Å². The monoisotopic (exact) mass is 570 g/mol. The fraction of sp³-hybridized carbons (Fsp3) is 0.320. The molecule has 2 unspecified atom stereocenters. The van der Waals surface area contributed by atoms with Crippen LogP contribution in [-0.4, -0.2) is 83.9 Å². The minimum Gasteiger partial charge on any atom is -0.494 e. The molecular weight excluding hydrogens is 543 g/mol. The fourth-order valence-corrected chi connectivity index (χ4v) is 5.94. The van der Waals surface area contributed by atoms with Crippen LogP contribution in [0.15, 0.2) is 55.1 Å². The summed E-state index contributed by atoms with van der Waals surface area (Å²) in [5.41, 5.74) is 0.985. The van der Waals surface area contributed by atoms with Crippen molar-refractivity contribution in [3.63, 3.8) is 0 Å². The quantitative estimate of drug-likeness (QED) is 0.316. The Kier molecular flexibility index (Phi) is 7.75. The lowest BCUT2D eigenvalue weighted by atomic mass is 10.1. The van der Waals surface area contributed by atoms with Crippen molar-refractivity contribution in [2.24, 2.45) is 0 Å². The molecule has 1 saturated heterocycles. The van der Waals surface area contributed by atoms with Crippen LogP contribution in [0.5, 0.6) is 11.5 Å². The number of methoxy groups -OCH3 is 3. The first-order chi connectivity index (χ1) is 19.3. The van der Waals surface area contributed by atoms with Crippen LogP contribution in [0.25, 0.3) is 17.1 Å². The van der Waals surface area contributed by atoms with Gasteiger partial charge in [-0.15, -0.1) is 10.2 Å². The lowest BCUT2D eigenvalue weighted by Crippen LogP contribution is -2.51. The molecule has 1 N–H and O–H groups in total. The minimum atomic E-state index is -4.09. The predicted octanol–water partition coefficient (Wildman–Crippen LogP) is 2.31. The average molecular weight is 571 g/mol. The van der Waals surface area contributed by atoms with E-state index >= 15 is 0 Å². The van der Waals surface area contributed by atoms with Crippen molar-refractivity contribution in [3.8, 4) is 28.6 Å². The van der Waals surface area contributed by atoms with Gasteiger partial charge in [0.2, 0.25) is 21.9 Å². The van der Waals surface area contributed by atoms with Gasteiger partial charge in [-0.3, -0.25) is 14.3 Å². The molecule has 0 aliphatic carbocycles. The third-order valence-electron chi connectivity index (χ3n) is 6.48. The Balaban J connectivity index is 1.56. The summed E-state index contributed by atoms with van der Waals surface area (Å²) >= 11 is 0. The Hall–Kier alpha value is -4.37. The molecule has 0 saturated carbocycles.